The largest absolute Gasteiger partial charge is 0.437 e. The Bertz CT molecular complexity index is 1060. The van der Waals surface area contributed by atoms with Crippen molar-refractivity contribution in [3.63, 3.8) is 0 Å². The van der Waals surface area contributed by atoms with Gasteiger partial charge in [-0.25, -0.2) is 18.9 Å². The Labute approximate surface area is 143 Å². The summed E-state index contributed by atoms with van der Waals surface area (Å²) in [5, 5.41) is 4.07. The summed E-state index contributed by atoms with van der Waals surface area (Å²) in [5.41, 5.74) is 3.30. The van der Waals surface area contributed by atoms with Crippen molar-refractivity contribution in [1.82, 2.24) is 24.6 Å². The number of ether oxygens (including phenoxy) is 1. The van der Waals surface area contributed by atoms with Crippen molar-refractivity contribution in [3.8, 4) is 22.8 Å². The highest BCUT2D eigenvalue weighted by Gasteiger charge is 2.14. The fraction of sp³-hybridized carbons (Fsp3) is 0.111. The molecule has 4 aromatic rings. The Morgan fingerprint density at radius 2 is 1.80 bits per heavy atom. The molecule has 0 aliphatic heterocycles. The maximum Gasteiger partial charge on any atom is 0.247 e. The molecule has 0 atom stereocenters. The van der Waals surface area contributed by atoms with E-state index in [9.17, 15) is 4.39 Å². The summed E-state index contributed by atoms with van der Waals surface area (Å²) in [4.78, 5) is 12.4. The second-order valence-corrected chi connectivity index (χ2v) is 5.57. The highest BCUT2D eigenvalue weighted by molar-refractivity contribution is 5.69. The standard InChI is InChI=1S/C18H14FN5O/c1-11-17(12(2)21-9-20-11)14-6-5-13(8-15(14)19)25-18-16-4-3-7-24(16)23-10-22-18/h3-10H,1-2H3. The summed E-state index contributed by atoms with van der Waals surface area (Å²) in [7, 11) is 0. The molecule has 6 nitrogen and oxygen atoms in total. The van der Waals surface area contributed by atoms with Crippen molar-refractivity contribution < 1.29 is 9.13 Å². The van der Waals surface area contributed by atoms with Gasteiger partial charge >= 0.3 is 0 Å². The minimum Gasteiger partial charge on any atom is -0.437 e. The third kappa shape index (κ3) is 2.69. The lowest BCUT2D eigenvalue weighted by atomic mass is 10.0. The third-order valence-electron chi connectivity index (χ3n) is 3.95. The molecule has 7 heteroatoms. The van der Waals surface area contributed by atoms with Crippen LogP contribution < -0.4 is 4.74 Å². The average molecular weight is 335 g/mol. The van der Waals surface area contributed by atoms with E-state index >= 15 is 0 Å². The van der Waals surface area contributed by atoms with E-state index in [1.54, 1.807) is 22.8 Å². The first kappa shape index (κ1) is 15.2. The SMILES string of the molecule is Cc1ncnc(C)c1-c1ccc(Oc2ncnn3cccc23)cc1F. The Morgan fingerprint density at radius 1 is 1.00 bits per heavy atom. The van der Waals surface area contributed by atoms with Gasteiger partial charge in [0.1, 0.15) is 29.7 Å². The lowest BCUT2D eigenvalue weighted by molar-refractivity contribution is 0.458. The number of aryl methyl sites for hydroxylation is 2. The highest BCUT2D eigenvalue weighted by Crippen LogP contribution is 2.31. The van der Waals surface area contributed by atoms with Crippen LogP contribution in [0.2, 0.25) is 0 Å². The number of benzene rings is 1. The van der Waals surface area contributed by atoms with Gasteiger partial charge in [-0.3, -0.25) is 0 Å². The summed E-state index contributed by atoms with van der Waals surface area (Å²) >= 11 is 0. The van der Waals surface area contributed by atoms with Crippen LogP contribution in [0.1, 0.15) is 11.4 Å². The smallest absolute Gasteiger partial charge is 0.247 e. The monoisotopic (exact) mass is 335 g/mol. The third-order valence-corrected chi connectivity index (χ3v) is 3.95. The van der Waals surface area contributed by atoms with Crippen LogP contribution in [0.15, 0.2) is 49.2 Å². The molecule has 0 aliphatic carbocycles. The number of halogens is 1. The lowest BCUT2D eigenvalue weighted by Gasteiger charge is -2.11. The lowest BCUT2D eigenvalue weighted by Crippen LogP contribution is -1.98. The molecule has 0 radical (unpaired) electrons. The number of hydrogen-bond donors (Lipinski definition) is 0. The fourth-order valence-electron chi connectivity index (χ4n) is 2.78. The van der Waals surface area contributed by atoms with Crippen LogP contribution in [0, 0.1) is 19.7 Å². The Morgan fingerprint density at radius 3 is 2.56 bits per heavy atom. The van der Waals surface area contributed by atoms with E-state index in [-0.39, 0.29) is 0 Å². The maximum atomic E-state index is 14.7. The van der Waals surface area contributed by atoms with Crippen LogP contribution in [0.3, 0.4) is 0 Å². The summed E-state index contributed by atoms with van der Waals surface area (Å²) in [6, 6.07) is 8.37. The van der Waals surface area contributed by atoms with Gasteiger partial charge in [0.15, 0.2) is 0 Å². The zero-order valence-electron chi connectivity index (χ0n) is 13.6. The van der Waals surface area contributed by atoms with Crippen LogP contribution in [0.25, 0.3) is 16.6 Å². The molecule has 0 amide bonds. The van der Waals surface area contributed by atoms with Crippen LogP contribution >= 0.6 is 0 Å². The summed E-state index contributed by atoms with van der Waals surface area (Å²) in [6.07, 6.45) is 4.65. The minimum absolute atomic E-state index is 0.357. The predicted molar refractivity (Wildman–Crippen MR) is 90.0 cm³/mol. The Kier molecular flexibility index (Phi) is 3.61. The van der Waals surface area contributed by atoms with E-state index in [4.69, 9.17) is 4.74 Å². The normalized spacial score (nSPS) is 11.0. The first-order valence-electron chi connectivity index (χ1n) is 7.68. The molecule has 25 heavy (non-hydrogen) atoms. The molecule has 0 bridgehead atoms. The van der Waals surface area contributed by atoms with Crippen LogP contribution in [0.5, 0.6) is 11.6 Å². The Balaban J connectivity index is 1.72. The first-order chi connectivity index (χ1) is 12.1. The van der Waals surface area contributed by atoms with Crippen molar-refractivity contribution in [2.45, 2.75) is 13.8 Å². The molecule has 3 aromatic heterocycles. The average Bonchev–Trinajstić information content (AvgIpc) is 3.06. The molecule has 4 rings (SSSR count). The molecule has 3 heterocycles. The zero-order chi connectivity index (χ0) is 17.4. The summed E-state index contributed by atoms with van der Waals surface area (Å²) in [6.45, 7) is 3.66. The second kappa shape index (κ2) is 5.94. The van der Waals surface area contributed by atoms with Gasteiger partial charge in [-0.2, -0.15) is 10.1 Å². The van der Waals surface area contributed by atoms with E-state index in [0.29, 0.717) is 28.3 Å². The predicted octanol–water partition coefficient (Wildman–Crippen LogP) is 3.73. The van der Waals surface area contributed by atoms with Gasteiger partial charge in [0, 0.05) is 34.8 Å². The fourth-order valence-corrected chi connectivity index (χ4v) is 2.78. The van der Waals surface area contributed by atoms with Crippen molar-refractivity contribution in [1.29, 1.82) is 0 Å². The zero-order valence-corrected chi connectivity index (χ0v) is 13.6. The van der Waals surface area contributed by atoms with E-state index in [0.717, 1.165) is 11.4 Å². The van der Waals surface area contributed by atoms with E-state index in [1.807, 2.05) is 26.0 Å². The summed E-state index contributed by atoms with van der Waals surface area (Å²) < 4.78 is 22.1. The van der Waals surface area contributed by atoms with Gasteiger partial charge in [-0.15, -0.1) is 0 Å². The van der Waals surface area contributed by atoms with Gasteiger partial charge in [0.05, 0.1) is 0 Å². The van der Waals surface area contributed by atoms with Crippen molar-refractivity contribution in [2.75, 3.05) is 0 Å². The van der Waals surface area contributed by atoms with E-state index < -0.39 is 5.82 Å². The van der Waals surface area contributed by atoms with E-state index in [2.05, 4.69) is 20.1 Å². The number of rotatable bonds is 3. The summed E-state index contributed by atoms with van der Waals surface area (Å²) in [5.74, 6) is 0.316. The van der Waals surface area contributed by atoms with Crippen molar-refractivity contribution >= 4 is 5.52 Å². The molecule has 0 spiro atoms. The van der Waals surface area contributed by atoms with Gasteiger partial charge in [-0.1, -0.05) is 0 Å². The number of aromatic nitrogens is 5. The van der Waals surface area contributed by atoms with Crippen molar-refractivity contribution in [2.24, 2.45) is 0 Å². The van der Waals surface area contributed by atoms with Crippen LogP contribution in [-0.4, -0.2) is 24.6 Å². The molecule has 124 valence electrons. The topological polar surface area (TPSA) is 65.2 Å². The minimum atomic E-state index is -0.404. The molecule has 0 fully saturated rings. The van der Waals surface area contributed by atoms with E-state index in [1.165, 1.54) is 18.7 Å². The van der Waals surface area contributed by atoms with Crippen LogP contribution in [-0.2, 0) is 0 Å². The van der Waals surface area contributed by atoms with Crippen molar-refractivity contribution in [3.05, 3.63) is 66.4 Å². The Hall–Kier alpha value is -3.35. The molecule has 0 aliphatic rings. The maximum absolute atomic E-state index is 14.7. The number of hydrogen-bond acceptors (Lipinski definition) is 5. The quantitative estimate of drug-likeness (QED) is 0.571. The van der Waals surface area contributed by atoms with Gasteiger partial charge in [0.25, 0.3) is 0 Å². The highest BCUT2D eigenvalue weighted by atomic mass is 19.1. The first-order valence-corrected chi connectivity index (χ1v) is 7.68. The molecule has 0 N–H and O–H groups in total. The number of fused-ring (bicyclic) bond motifs is 1. The molecule has 1 aromatic carbocycles. The number of nitrogens with zero attached hydrogens (tertiary/aromatic N) is 5. The molecule has 0 saturated carbocycles. The van der Waals surface area contributed by atoms with Gasteiger partial charge < -0.3 is 4.74 Å². The van der Waals surface area contributed by atoms with Crippen LogP contribution in [0.4, 0.5) is 4.39 Å². The second-order valence-electron chi connectivity index (χ2n) is 5.57. The van der Waals surface area contributed by atoms with Gasteiger partial charge in [-0.05, 0) is 38.1 Å². The molecular formula is C18H14FN5O. The van der Waals surface area contributed by atoms with Gasteiger partial charge in [0.2, 0.25) is 5.88 Å². The molecular weight excluding hydrogens is 321 g/mol. The molecule has 0 unspecified atom stereocenters. The molecule has 0 saturated heterocycles.